The molecule has 1 aliphatic heterocycles. The summed E-state index contributed by atoms with van der Waals surface area (Å²) >= 11 is 0. The fourth-order valence-electron chi connectivity index (χ4n) is 3.79. The van der Waals surface area contributed by atoms with Crippen molar-refractivity contribution in [2.24, 2.45) is 5.10 Å². The van der Waals surface area contributed by atoms with Gasteiger partial charge in [-0.3, -0.25) is 5.43 Å². The summed E-state index contributed by atoms with van der Waals surface area (Å²) in [5, 5.41) is 4.36. The van der Waals surface area contributed by atoms with E-state index < -0.39 is 0 Å². The molecule has 0 unspecified atom stereocenters. The summed E-state index contributed by atoms with van der Waals surface area (Å²) in [5.41, 5.74) is 9.08. The second-order valence-corrected chi connectivity index (χ2v) is 7.46. The summed E-state index contributed by atoms with van der Waals surface area (Å²) in [6.07, 6.45) is 4.23. The van der Waals surface area contributed by atoms with E-state index in [1.807, 2.05) is 36.5 Å². The first-order valence-corrected chi connectivity index (χ1v) is 8.86. The lowest BCUT2D eigenvalue weighted by atomic mass is 9.87. The van der Waals surface area contributed by atoms with Crippen LogP contribution in [0, 0.1) is 0 Å². The molecule has 130 valence electrons. The predicted octanol–water partition coefficient (Wildman–Crippen LogP) is 5.54. The number of nitrogens with one attached hydrogen (secondary N) is 1. The molecule has 2 aromatic rings. The third-order valence-electron chi connectivity index (χ3n) is 4.59. The van der Waals surface area contributed by atoms with Crippen LogP contribution in [0.15, 0.2) is 59.7 Å². The maximum absolute atomic E-state index is 4.36. The summed E-state index contributed by atoms with van der Waals surface area (Å²) in [7, 11) is 0. The van der Waals surface area contributed by atoms with Gasteiger partial charge in [0.2, 0.25) is 0 Å². The highest BCUT2D eigenvalue weighted by Gasteiger charge is 2.32. The average Bonchev–Trinajstić information content (AvgIpc) is 2.55. The first-order valence-electron chi connectivity index (χ1n) is 8.86. The second kappa shape index (κ2) is 6.75. The van der Waals surface area contributed by atoms with Gasteiger partial charge in [0.05, 0.1) is 17.4 Å². The monoisotopic (exact) mass is 333 g/mol. The third-order valence-corrected chi connectivity index (χ3v) is 4.59. The van der Waals surface area contributed by atoms with Crippen LogP contribution in [-0.2, 0) is 0 Å². The van der Waals surface area contributed by atoms with Gasteiger partial charge in [-0.1, -0.05) is 30.3 Å². The van der Waals surface area contributed by atoms with E-state index in [1.54, 1.807) is 0 Å². The lowest BCUT2D eigenvalue weighted by Crippen LogP contribution is -2.49. The van der Waals surface area contributed by atoms with Crippen LogP contribution in [0.5, 0.6) is 0 Å². The minimum absolute atomic E-state index is 0.0235. The van der Waals surface area contributed by atoms with Crippen molar-refractivity contribution in [3.63, 3.8) is 0 Å². The molecule has 0 saturated heterocycles. The van der Waals surface area contributed by atoms with Crippen LogP contribution in [0.2, 0.25) is 0 Å². The van der Waals surface area contributed by atoms with E-state index in [0.717, 1.165) is 11.3 Å². The number of rotatable bonds is 4. The van der Waals surface area contributed by atoms with Gasteiger partial charge in [0.1, 0.15) is 0 Å². The fourth-order valence-corrected chi connectivity index (χ4v) is 3.79. The Kier molecular flexibility index (Phi) is 4.67. The number of nitrogens with zero attached hydrogens (tertiary/aromatic N) is 2. The Hall–Kier alpha value is -2.55. The van der Waals surface area contributed by atoms with E-state index in [0.29, 0.717) is 6.04 Å². The van der Waals surface area contributed by atoms with Crippen LogP contribution in [0.3, 0.4) is 0 Å². The van der Waals surface area contributed by atoms with Gasteiger partial charge in [0.25, 0.3) is 0 Å². The summed E-state index contributed by atoms with van der Waals surface area (Å²) in [6, 6.07) is 17.0. The second-order valence-electron chi connectivity index (χ2n) is 7.46. The van der Waals surface area contributed by atoms with Crippen LogP contribution >= 0.6 is 0 Å². The lowest BCUT2D eigenvalue weighted by Gasteiger charge is -2.46. The van der Waals surface area contributed by atoms with E-state index >= 15 is 0 Å². The average molecular weight is 333 g/mol. The molecule has 0 aliphatic carbocycles. The van der Waals surface area contributed by atoms with Crippen molar-refractivity contribution in [1.82, 2.24) is 0 Å². The Bertz CT molecular complexity index is 801. The van der Waals surface area contributed by atoms with E-state index in [1.165, 1.54) is 16.8 Å². The molecule has 3 rings (SSSR count). The number of para-hydroxylation sites is 1. The molecular formula is C22H27N3. The number of hydrazone groups is 1. The molecule has 0 amide bonds. The number of hydrogen-bond acceptors (Lipinski definition) is 3. The van der Waals surface area contributed by atoms with Gasteiger partial charge in [-0.15, -0.1) is 0 Å². The molecular weight excluding hydrogens is 306 g/mol. The molecule has 1 heterocycles. The minimum atomic E-state index is 0.0235. The Morgan fingerprint density at radius 3 is 2.48 bits per heavy atom. The molecule has 0 saturated carbocycles. The van der Waals surface area contributed by atoms with Crippen LogP contribution < -0.4 is 10.3 Å². The summed E-state index contributed by atoms with van der Waals surface area (Å²) < 4.78 is 0. The Labute approximate surface area is 151 Å². The number of hydrogen-bond donors (Lipinski definition) is 1. The van der Waals surface area contributed by atoms with Gasteiger partial charge < -0.3 is 4.90 Å². The summed E-state index contributed by atoms with van der Waals surface area (Å²) in [6.45, 7) is 11.2. The molecule has 0 bridgehead atoms. The lowest BCUT2D eigenvalue weighted by molar-refractivity contribution is 0.507. The van der Waals surface area contributed by atoms with Crippen molar-refractivity contribution in [2.75, 3.05) is 10.3 Å². The first-order chi connectivity index (χ1) is 11.9. The van der Waals surface area contributed by atoms with Gasteiger partial charge in [0.15, 0.2) is 0 Å². The van der Waals surface area contributed by atoms with Crippen molar-refractivity contribution in [3.05, 3.63) is 65.7 Å². The zero-order valence-corrected chi connectivity index (χ0v) is 15.7. The van der Waals surface area contributed by atoms with Crippen molar-refractivity contribution in [3.8, 4) is 0 Å². The molecule has 0 spiro atoms. The standard InChI is InChI=1S/C22H27N3/c1-16(2)25-21-12-11-18(13-20(21)17(3)14-22(25,4)5)15-23-24-19-9-7-6-8-10-19/h6-16,24H,1-5H3/b23-15-. The number of benzene rings is 2. The van der Waals surface area contributed by atoms with Gasteiger partial charge in [-0.25, -0.2) is 0 Å². The van der Waals surface area contributed by atoms with Gasteiger partial charge in [-0.05, 0) is 70.0 Å². The SMILES string of the molecule is CC1=CC(C)(C)N(C(C)C)c2ccc(/C=N\Nc3ccccc3)cc21. The molecule has 1 N–H and O–H groups in total. The molecule has 3 heteroatoms. The van der Waals surface area contributed by atoms with E-state index in [4.69, 9.17) is 0 Å². The van der Waals surface area contributed by atoms with Crippen LogP contribution in [0.25, 0.3) is 5.57 Å². The fraction of sp³-hybridized carbons (Fsp3) is 0.318. The van der Waals surface area contributed by atoms with Crippen molar-refractivity contribution in [2.45, 2.75) is 46.2 Å². The van der Waals surface area contributed by atoms with Crippen molar-refractivity contribution >= 4 is 23.2 Å². The highest BCUT2D eigenvalue weighted by atomic mass is 15.3. The summed E-state index contributed by atoms with van der Waals surface area (Å²) in [4.78, 5) is 2.48. The van der Waals surface area contributed by atoms with Crippen LogP contribution in [0.4, 0.5) is 11.4 Å². The highest BCUT2D eigenvalue weighted by molar-refractivity contribution is 5.88. The third kappa shape index (κ3) is 3.60. The number of anilines is 2. The smallest absolute Gasteiger partial charge is 0.0561 e. The van der Waals surface area contributed by atoms with Gasteiger partial charge >= 0.3 is 0 Å². The highest BCUT2D eigenvalue weighted by Crippen LogP contribution is 2.40. The Morgan fingerprint density at radius 1 is 1.08 bits per heavy atom. The molecule has 25 heavy (non-hydrogen) atoms. The minimum Gasteiger partial charge on any atom is -0.360 e. The van der Waals surface area contributed by atoms with E-state index in [-0.39, 0.29) is 5.54 Å². The van der Waals surface area contributed by atoms with E-state index in [9.17, 15) is 0 Å². The quantitative estimate of drug-likeness (QED) is 0.587. The molecule has 0 fully saturated rings. The number of fused-ring (bicyclic) bond motifs is 1. The zero-order chi connectivity index (χ0) is 18.0. The Balaban J connectivity index is 1.88. The van der Waals surface area contributed by atoms with Gasteiger partial charge in [0, 0.05) is 17.3 Å². The molecule has 1 aliphatic rings. The molecule has 2 aromatic carbocycles. The van der Waals surface area contributed by atoms with E-state index in [2.05, 4.69) is 74.3 Å². The van der Waals surface area contributed by atoms with Crippen LogP contribution in [0.1, 0.15) is 45.7 Å². The van der Waals surface area contributed by atoms with Crippen molar-refractivity contribution in [1.29, 1.82) is 0 Å². The summed E-state index contributed by atoms with van der Waals surface area (Å²) in [5.74, 6) is 0. The molecule has 0 aromatic heterocycles. The normalized spacial score (nSPS) is 16.1. The molecule has 0 radical (unpaired) electrons. The van der Waals surface area contributed by atoms with Crippen LogP contribution in [-0.4, -0.2) is 17.8 Å². The largest absolute Gasteiger partial charge is 0.360 e. The predicted molar refractivity (Wildman–Crippen MR) is 109 cm³/mol. The Morgan fingerprint density at radius 2 is 1.80 bits per heavy atom. The molecule has 0 atom stereocenters. The van der Waals surface area contributed by atoms with Crippen molar-refractivity contribution < 1.29 is 0 Å². The topological polar surface area (TPSA) is 27.6 Å². The number of allylic oxidation sites excluding steroid dienone is 1. The maximum atomic E-state index is 4.36. The maximum Gasteiger partial charge on any atom is 0.0561 e. The molecule has 3 nitrogen and oxygen atoms in total. The first kappa shape index (κ1) is 17.3. The van der Waals surface area contributed by atoms with Gasteiger partial charge in [-0.2, -0.15) is 5.10 Å². The zero-order valence-electron chi connectivity index (χ0n) is 15.7.